The molecule has 0 aromatic heterocycles. The average Bonchev–Trinajstić information content (AvgIpc) is 3.16. The van der Waals surface area contributed by atoms with Gasteiger partial charge in [-0.3, -0.25) is 14.6 Å². The molecule has 1 amide bonds. The lowest BCUT2D eigenvalue weighted by Gasteiger charge is -2.35. The van der Waals surface area contributed by atoms with E-state index in [9.17, 15) is 9.90 Å². The van der Waals surface area contributed by atoms with Gasteiger partial charge in [0.1, 0.15) is 18.5 Å². The first-order chi connectivity index (χ1) is 13.0. The summed E-state index contributed by atoms with van der Waals surface area (Å²) in [6, 6.07) is 6.10. The Bertz CT molecular complexity index is 603. The van der Waals surface area contributed by atoms with Gasteiger partial charge in [-0.2, -0.15) is 0 Å². The Morgan fingerprint density at radius 3 is 2.22 bits per heavy atom. The van der Waals surface area contributed by atoms with Gasteiger partial charge in [0, 0.05) is 45.8 Å². The lowest BCUT2D eigenvalue weighted by Crippen LogP contribution is -2.51. The zero-order valence-electron chi connectivity index (χ0n) is 16.7. The highest BCUT2D eigenvalue weighted by Crippen LogP contribution is 2.16. The number of aliphatic hydroxyl groups excluding tert-OH is 1. The Balaban J connectivity index is 1.35. The normalized spacial score (nSPS) is 20.0. The molecule has 1 aromatic rings. The highest BCUT2D eigenvalue weighted by molar-refractivity contribution is 5.78. The predicted molar refractivity (Wildman–Crippen MR) is 106 cm³/mol. The largest absolute Gasteiger partial charge is 0.491 e. The minimum absolute atomic E-state index is 0.267. The maximum atomic E-state index is 12.3. The molecule has 0 spiro atoms. The molecule has 6 heteroatoms. The molecule has 2 heterocycles. The van der Waals surface area contributed by atoms with E-state index in [1.807, 2.05) is 30.9 Å². The third-order valence-corrected chi connectivity index (χ3v) is 5.39. The number of likely N-dealkylation sites (tertiary alicyclic amines) is 1. The molecule has 6 nitrogen and oxygen atoms in total. The highest BCUT2D eigenvalue weighted by atomic mass is 16.5. The van der Waals surface area contributed by atoms with Crippen molar-refractivity contribution in [3.8, 4) is 5.75 Å². The third kappa shape index (κ3) is 6.19. The number of ether oxygens (including phenoxy) is 1. The first-order valence-corrected chi connectivity index (χ1v) is 10.1. The minimum atomic E-state index is -0.511. The van der Waals surface area contributed by atoms with E-state index < -0.39 is 6.10 Å². The summed E-state index contributed by atoms with van der Waals surface area (Å²) in [4.78, 5) is 18.7. The fraction of sp³-hybridized carbons (Fsp3) is 0.667. The van der Waals surface area contributed by atoms with Gasteiger partial charge in [0.2, 0.25) is 5.91 Å². The van der Waals surface area contributed by atoms with Gasteiger partial charge in [-0.15, -0.1) is 0 Å². The smallest absolute Gasteiger partial charge is 0.236 e. The quantitative estimate of drug-likeness (QED) is 0.778. The van der Waals surface area contributed by atoms with Gasteiger partial charge in [0.15, 0.2) is 0 Å². The van der Waals surface area contributed by atoms with Gasteiger partial charge in [0.25, 0.3) is 0 Å². The number of β-amino-alcohol motifs (C(OH)–C–C–N with tert-alkyl or cyclic N) is 1. The van der Waals surface area contributed by atoms with E-state index in [1.54, 1.807) is 0 Å². The van der Waals surface area contributed by atoms with Crippen LogP contribution in [-0.2, 0) is 4.79 Å². The summed E-state index contributed by atoms with van der Waals surface area (Å²) >= 11 is 0. The van der Waals surface area contributed by atoms with Crippen LogP contribution in [0.15, 0.2) is 18.2 Å². The fourth-order valence-electron chi connectivity index (χ4n) is 3.95. The molecule has 150 valence electrons. The van der Waals surface area contributed by atoms with Gasteiger partial charge in [0.05, 0.1) is 6.54 Å². The molecule has 2 aliphatic rings. The van der Waals surface area contributed by atoms with Crippen molar-refractivity contribution in [1.29, 1.82) is 0 Å². The highest BCUT2D eigenvalue weighted by Gasteiger charge is 2.24. The Hall–Kier alpha value is -1.63. The lowest BCUT2D eigenvalue weighted by atomic mass is 10.1. The number of rotatable bonds is 7. The second-order valence-electron chi connectivity index (χ2n) is 7.95. The van der Waals surface area contributed by atoms with Crippen LogP contribution in [0, 0.1) is 13.8 Å². The molecule has 1 unspecified atom stereocenters. The van der Waals surface area contributed by atoms with Gasteiger partial charge >= 0.3 is 0 Å². The van der Waals surface area contributed by atoms with Crippen LogP contribution in [0.25, 0.3) is 0 Å². The third-order valence-electron chi connectivity index (χ3n) is 5.39. The summed E-state index contributed by atoms with van der Waals surface area (Å²) in [6.07, 6.45) is 1.77. The van der Waals surface area contributed by atoms with Crippen LogP contribution in [0.3, 0.4) is 0 Å². The van der Waals surface area contributed by atoms with E-state index in [0.717, 1.165) is 57.9 Å². The predicted octanol–water partition coefficient (Wildman–Crippen LogP) is 1.28. The molecule has 2 fully saturated rings. The number of carbonyl (C=O) groups is 1. The van der Waals surface area contributed by atoms with Crippen LogP contribution in [-0.4, -0.2) is 90.8 Å². The second kappa shape index (κ2) is 9.53. The molecule has 3 rings (SSSR count). The standard InChI is InChI=1S/C21H33N3O3/c1-17-11-18(2)13-20(12-17)27-16-19(25)14-22-7-9-23(10-8-22)15-21(26)24-5-3-4-6-24/h11-13,19,25H,3-10,14-16H2,1-2H3. The molecule has 1 atom stereocenters. The van der Waals surface area contributed by atoms with Crippen molar-refractivity contribution in [2.45, 2.75) is 32.8 Å². The molecule has 2 aliphatic heterocycles. The molecule has 27 heavy (non-hydrogen) atoms. The van der Waals surface area contributed by atoms with Crippen molar-refractivity contribution in [2.24, 2.45) is 0 Å². The number of aliphatic hydroxyl groups is 1. The maximum Gasteiger partial charge on any atom is 0.236 e. The average molecular weight is 376 g/mol. The Morgan fingerprint density at radius 2 is 1.59 bits per heavy atom. The first kappa shape index (κ1) is 20.1. The SMILES string of the molecule is Cc1cc(C)cc(OCC(O)CN2CCN(CC(=O)N3CCCC3)CC2)c1. The zero-order valence-corrected chi connectivity index (χ0v) is 16.7. The van der Waals surface area contributed by atoms with E-state index >= 15 is 0 Å². The van der Waals surface area contributed by atoms with Crippen molar-refractivity contribution in [3.63, 3.8) is 0 Å². The number of carbonyl (C=O) groups excluding carboxylic acids is 1. The number of hydrogen-bond donors (Lipinski definition) is 1. The Morgan fingerprint density at radius 1 is 1.00 bits per heavy atom. The molecule has 1 aromatic carbocycles. The molecule has 2 saturated heterocycles. The van der Waals surface area contributed by atoms with Gasteiger partial charge < -0.3 is 14.7 Å². The van der Waals surface area contributed by atoms with Gasteiger partial charge in [-0.1, -0.05) is 6.07 Å². The van der Waals surface area contributed by atoms with Crippen molar-refractivity contribution in [1.82, 2.24) is 14.7 Å². The van der Waals surface area contributed by atoms with Gasteiger partial charge in [-0.05, 0) is 49.9 Å². The molecule has 0 radical (unpaired) electrons. The zero-order chi connectivity index (χ0) is 19.2. The number of nitrogens with zero attached hydrogens (tertiary/aromatic N) is 3. The fourth-order valence-corrected chi connectivity index (χ4v) is 3.95. The monoisotopic (exact) mass is 375 g/mol. The summed E-state index contributed by atoms with van der Waals surface area (Å²) < 4.78 is 5.76. The topological polar surface area (TPSA) is 56.3 Å². The van der Waals surface area contributed by atoms with Crippen LogP contribution in [0.2, 0.25) is 0 Å². The number of benzene rings is 1. The van der Waals surface area contributed by atoms with Crippen LogP contribution >= 0.6 is 0 Å². The van der Waals surface area contributed by atoms with E-state index in [2.05, 4.69) is 15.9 Å². The molecule has 0 saturated carbocycles. The molecular weight excluding hydrogens is 342 g/mol. The molecule has 1 N–H and O–H groups in total. The van der Waals surface area contributed by atoms with Crippen LogP contribution in [0.1, 0.15) is 24.0 Å². The van der Waals surface area contributed by atoms with Crippen LogP contribution in [0.5, 0.6) is 5.75 Å². The summed E-state index contributed by atoms with van der Waals surface area (Å²) in [5.41, 5.74) is 2.33. The number of hydrogen-bond acceptors (Lipinski definition) is 5. The van der Waals surface area contributed by atoms with Crippen molar-refractivity contribution in [2.75, 3.05) is 59.0 Å². The van der Waals surface area contributed by atoms with Crippen molar-refractivity contribution >= 4 is 5.91 Å². The maximum absolute atomic E-state index is 12.3. The molecule has 0 aliphatic carbocycles. The van der Waals surface area contributed by atoms with E-state index in [4.69, 9.17) is 4.74 Å². The summed E-state index contributed by atoms with van der Waals surface area (Å²) in [5, 5.41) is 10.3. The first-order valence-electron chi connectivity index (χ1n) is 10.1. The number of aryl methyl sites for hydroxylation is 2. The van der Waals surface area contributed by atoms with Crippen LogP contribution < -0.4 is 4.74 Å². The summed E-state index contributed by atoms with van der Waals surface area (Å²) in [6.45, 7) is 10.9. The molecule has 0 bridgehead atoms. The number of amides is 1. The Kier molecular flexibility index (Phi) is 7.10. The summed E-state index contributed by atoms with van der Waals surface area (Å²) in [5.74, 6) is 1.08. The van der Waals surface area contributed by atoms with E-state index in [0.29, 0.717) is 19.7 Å². The van der Waals surface area contributed by atoms with E-state index in [1.165, 1.54) is 11.1 Å². The lowest BCUT2D eigenvalue weighted by molar-refractivity contribution is -0.131. The van der Waals surface area contributed by atoms with Crippen LogP contribution in [0.4, 0.5) is 0 Å². The molecular formula is C21H33N3O3. The van der Waals surface area contributed by atoms with E-state index in [-0.39, 0.29) is 5.91 Å². The Labute approximate surface area is 162 Å². The van der Waals surface area contributed by atoms with Crippen molar-refractivity contribution in [3.05, 3.63) is 29.3 Å². The summed E-state index contributed by atoms with van der Waals surface area (Å²) in [7, 11) is 0. The van der Waals surface area contributed by atoms with Crippen molar-refractivity contribution < 1.29 is 14.6 Å². The second-order valence-corrected chi connectivity index (χ2v) is 7.95. The number of piperazine rings is 1. The van der Waals surface area contributed by atoms with Gasteiger partial charge in [-0.25, -0.2) is 0 Å². The minimum Gasteiger partial charge on any atom is -0.491 e.